The van der Waals surface area contributed by atoms with Crippen LogP contribution in [0.1, 0.15) is 21.8 Å². The van der Waals surface area contributed by atoms with Crippen LogP contribution >= 0.6 is 0 Å². The number of ether oxygens (including phenoxy) is 3. The van der Waals surface area contributed by atoms with Gasteiger partial charge in [-0.3, -0.25) is 4.79 Å². The predicted octanol–water partition coefficient (Wildman–Crippen LogP) is 4.10. The average Bonchev–Trinajstić information content (AvgIpc) is 3.32. The molecule has 34 heavy (non-hydrogen) atoms. The van der Waals surface area contributed by atoms with E-state index < -0.39 is 17.6 Å². The molecule has 0 N–H and O–H groups in total. The summed E-state index contributed by atoms with van der Waals surface area (Å²) in [6, 6.07) is 9.28. The second-order valence-electron chi connectivity index (χ2n) is 7.19. The number of carbonyl (C=O) groups is 1. The molecule has 1 heterocycles. The van der Waals surface area contributed by atoms with Crippen molar-refractivity contribution in [1.29, 1.82) is 0 Å². The number of hydrogen-bond acceptors (Lipinski definition) is 7. The fraction of sp³-hybridized carbons (Fsp3) is 0.348. The molecule has 3 rings (SSSR count). The van der Waals surface area contributed by atoms with Gasteiger partial charge in [-0.05, 0) is 42.5 Å². The first-order chi connectivity index (χ1) is 16.3. The first kappa shape index (κ1) is 25.0. The molecule has 0 aliphatic heterocycles. The molecule has 2 aromatic carbocycles. The highest BCUT2D eigenvalue weighted by atomic mass is 19.4. The van der Waals surface area contributed by atoms with Crippen LogP contribution in [0.15, 0.2) is 47.0 Å². The molecule has 0 aliphatic rings. The largest absolute Gasteiger partial charge is 0.493 e. The van der Waals surface area contributed by atoms with E-state index in [1.165, 1.54) is 26.2 Å². The van der Waals surface area contributed by atoms with E-state index in [-0.39, 0.29) is 31.7 Å². The van der Waals surface area contributed by atoms with E-state index in [1.54, 1.807) is 18.2 Å². The SMILES string of the molecule is COCCN(CCc1nc(-c2ccc(OC)c(OC)c2)no1)C(=O)c1ccc(C(F)(F)F)cc1. The molecular weight excluding hydrogens is 455 g/mol. The topological polar surface area (TPSA) is 86.9 Å². The van der Waals surface area contributed by atoms with Gasteiger partial charge in [0.2, 0.25) is 11.7 Å². The van der Waals surface area contributed by atoms with Gasteiger partial charge in [-0.2, -0.15) is 18.2 Å². The zero-order valence-corrected chi connectivity index (χ0v) is 18.9. The lowest BCUT2D eigenvalue weighted by Crippen LogP contribution is -2.35. The van der Waals surface area contributed by atoms with E-state index in [2.05, 4.69) is 10.1 Å². The average molecular weight is 479 g/mol. The number of nitrogens with zero attached hydrogens (tertiary/aromatic N) is 3. The lowest BCUT2D eigenvalue weighted by Gasteiger charge is -2.22. The van der Waals surface area contributed by atoms with E-state index in [1.807, 2.05) is 0 Å². The normalized spacial score (nSPS) is 11.4. The fourth-order valence-corrected chi connectivity index (χ4v) is 3.18. The van der Waals surface area contributed by atoms with Gasteiger partial charge < -0.3 is 23.6 Å². The van der Waals surface area contributed by atoms with Crippen molar-refractivity contribution < 1.29 is 36.7 Å². The Balaban J connectivity index is 1.71. The highest BCUT2D eigenvalue weighted by Crippen LogP contribution is 2.31. The van der Waals surface area contributed by atoms with Gasteiger partial charge in [0.15, 0.2) is 11.5 Å². The van der Waals surface area contributed by atoms with Crippen molar-refractivity contribution in [3.8, 4) is 22.9 Å². The monoisotopic (exact) mass is 479 g/mol. The van der Waals surface area contributed by atoms with E-state index in [4.69, 9.17) is 18.7 Å². The molecule has 0 fully saturated rings. The Labute approximate surface area is 194 Å². The number of benzene rings is 2. The van der Waals surface area contributed by atoms with Crippen molar-refractivity contribution in [2.75, 3.05) is 41.0 Å². The van der Waals surface area contributed by atoms with Crippen LogP contribution in [0.25, 0.3) is 11.4 Å². The van der Waals surface area contributed by atoms with Gasteiger partial charge in [0.1, 0.15) is 0 Å². The van der Waals surface area contributed by atoms with Gasteiger partial charge in [-0.1, -0.05) is 5.16 Å². The standard InChI is InChI=1S/C23H24F3N3O5/c1-31-13-12-29(22(30)15-4-7-17(8-5-15)23(24,25)26)11-10-20-27-21(28-34-20)16-6-9-18(32-2)19(14-16)33-3/h4-9,14H,10-13H2,1-3H3. The Bertz CT molecular complexity index is 1100. The summed E-state index contributed by atoms with van der Waals surface area (Å²) in [7, 11) is 4.55. The minimum atomic E-state index is -4.47. The summed E-state index contributed by atoms with van der Waals surface area (Å²) in [5, 5.41) is 3.98. The number of aromatic nitrogens is 2. The quantitative estimate of drug-likeness (QED) is 0.433. The maximum Gasteiger partial charge on any atom is 0.416 e. The summed E-state index contributed by atoms with van der Waals surface area (Å²) < 4.78 is 59.3. The fourth-order valence-electron chi connectivity index (χ4n) is 3.18. The molecule has 0 aliphatic carbocycles. The van der Waals surface area contributed by atoms with Crippen LogP contribution in [0, 0.1) is 0 Å². The lowest BCUT2D eigenvalue weighted by molar-refractivity contribution is -0.137. The summed E-state index contributed by atoms with van der Waals surface area (Å²) in [5.74, 6) is 1.29. The Morgan fingerprint density at radius 1 is 1.00 bits per heavy atom. The number of hydrogen-bond donors (Lipinski definition) is 0. The predicted molar refractivity (Wildman–Crippen MR) is 116 cm³/mol. The third kappa shape index (κ3) is 6.04. The second kappa shape index (κ2) is 11.0. The van der Waals surface area contributed by atoms with Crippen LogP contribution in [0.5, 0.6) is 11.5 Å². The first-order valence-electron chi connectivity index (χ1n) is 10.3. The van der Waals surface area contributed by atoms with Crippen LogP contribution < -0.4 is 9.47 Å². The van der Waals surface area contributed by atoms with Gasteiger partial charge in [-0.15, -0.1) is 0 Å². The Hall–Kier alpha value is -3.60. The van der Waals surface area contributed by atoms with Crippen molar-refractivity contribution in [3.05, 3.63) is 59.5 Å². The van der Waals surface area contributed by atoms with Crippen LogP contribution in [0.4, 0.5) is 13.2 Å². The van der Waals surface area contributed by atoms with Crippen molar-refractivity contribution in [1.82, 2.24) is 15.0 Å². The number of amides is 1. The van der Waals surface area contributed by atoms with Crippen molar-refractivity contribution in [2.45, 2.75) is 12.6 Å². The third-order valence-electron chi connectivity index (χ3n) is 5.02. The van der Waals surface area contributed by atoms with Gasteiger partial charge in [0.05, 0.1) is 26.4 Å². The van der Waals surface area contributed by atoms with E-state index in [0.29, 0.717) is 28.8 Å². The summed E-state index contributed by atoms with van der Waals surface area (Å²) in [5.41, 5.74) is -0.0218. The van der Waals surface area contributed by atoms with E-state index >= 15 is 0 Å². The third-order valence-corrected chi connectivity index (χ3v) is 5.02. The number of rotatable bonds is 10. The summed E-state index contributed by atoms with van der Waals surface area (Å²) in [4.78, 5) is 18.7. The second-order valence-corrected chi connectivity index (χ2v) is 7.19. The molecule has 0 unspecified atom stereocenters. The Morgan fingerprint density at radius 3 is 2.32 bits per heavy atom. The lowest BCUT2D eigenvalue weighted by atomic mass is 10.1. The maximum atomic E-state index is 12.9. The smallest absolute Gasteiger partial charge is 0.416 e. The first-order valence-corrected chi connectivity index (χ1v) is 10.3. The van der Waals surface area contributed by atoms with Crippen LogP contribution in [-0.4, -0.2) is 62.0 Å². The number of alkyl halides is 3. The van der Waals surface area contributed by atoms with E-state index in [9.17, 15) is 18.0 Å². The zero-order valence-electron chi connectivity index (χ0n) is 18.9. The molecule has 8 nitrogen and oxygen atoms in total. The van der Waals surface area contributed by atoms with Gasteiger partial charge >= 0.3 is 6.18 Å². The van der Waals surface area contributed by atoms with Crippen molar-refractivity contribution >= 4 is 5.91 Å². The molecule has 0 saturated carbocycles. The van der Waals surface area contributed by atoms with Crippen LogP contribution in [0.2, 0.25) is 0 Å². The molecule has 0 spiro atoms. The molecule has 11 heteroatoms. The highest BCUT2D eigenvalue weighted by molar-refractivity contribution is 5.94. The molecule has 0 bridgehead atoms. The van der Waals surface area contributed by atoms with Gasteiger partial charge in [0, 0.05) is 37.7 Å². The van der Waals surface area contributed by atoms with Crippen molar-refractivity contribution in [2.24, 2.45) is 0 Å². The van der Waals surface area contributed by atoms with Crippen LogP contribution in [0.3, 0.4) is 0 Å². The summed E-state index contributed by atoms with van der Waals surface area (Å²) in [6.45, 7) is 0.705. The maximum absolute atomic E-state index is 12.9. The van der Waals surface area contributed by atoms with Crippen LogP contribution in [-0.2, 0) is 17.3 Å². The molecular formula is C23H24F3N3O5. The van der Waals surface area contributed by atoms with Gasteiger partial charge in [-0.25, -0.2) is 0 Å². The molecule has 0 saturated heterocycles. The van der Waals surface area contributed by atoms with E-state index in [0.717, 1.165) is 24.3 Å². The number of halogens is 3. The molecule has 1 amide bonds. The minimum absolute atomic E-state index is 0.139. The number of carbonyl (C=O) groups excluding carboxylic acids is 1. The molecule has 0 atom stereocenters. The molecule has 182 valence electrons. The van der Waals surface area contributed by atoms with Crippen molar-refractivity contribution in [3.63, 3.8) is 0 Å². The Kier molecular flexibility index (Phi) is 8.11. The highest BCUT2D eigenvalue weighted by Gasteiger charge is 2.30. The summed E-state index contributed by atoms with van der Waals surface area (Å²) in [6.07, 6.45) is -4.22. The zero-order chi connectivity index (χ0) is 24.7. The molecule has 0 radical (unpaired) electrons. The number of methoxy groups -OCH3 is 3. The molecule has 3 aromatic rings. The summed E-state index contributed by atoms with van der Waals surface area (Å²) >= 11 is 0. The minimum Gasteiger partial charge on any atom is -0.493 e. The molecule has 1 aromatic heterocycles. The Morgan fingerprint density at radius 2 is 1.71 bits per heavy atom. The van der Waals surface area contributed by atoms with Gasteiger partial charge in [0.25, 0.3) is 5.91 Å².